The lowest BCUT2D eigenvalue weighted by atomic mass is 9.82. The Hall–Kier alpha value is -1.12. The number of aliphatic hydroxyl groups is 1. The van der Waals surface area contributed by atoms with Gasteiger partial charge in [-0.2, -0.15) is 0 Å². The minimum Gasteiger partial charge on any atom is -0.512 e. The molecule has 3 heteroatoms. The lowest BCUT2D eigenvalue weighted by Crippen LogP contribution is -2.23. The molecule has 0 aromatic heterocycles. The second-order valence-corrected chi connectivity index (χ2v) is 4.27. The van der Waals surface area contributed by atoms with Crippen molar-refractivity contribution in [1.82, 2.24) is 0 Å². The van der Waals surface area contributed by atoms with Gasteiger partial charge in [-0.15, -0.1) is 0 Å². The fraction of sp³-hybridized carbons (Fsp3) is 0.714. The third kappa shape index (κ3) is 4.72. The van der Waals surface area contributed by atoms with E-state index in [0.29, 0.717) is 5.71 Å². The molecule has 17 heavy (non-hydrogen) atoms. The van der Waals surface area contributed by atoms with E-state index >= 15 is 0 Å². The van der Waals surface area contributed by atoms with Gasteiger partial charge in [0.05, 0.1) is 5.57 Å². The van der Waals surface area contributed by atoms with Crippen LogP contribution in [-0.4, -0.2) is 16.6 Å². The van der Waals surface area contributed by atoms with Gasteiger partial charge in [-0.05, 0) is 26.7 Å². The van der Waals surface area contributed by atoms with Crippen LogP contribution in [0.25, 0.3) is 0 Å². The Kier molecular flexibility index (Phi) is 7.51. The van der Waals surface area contributed by atoms with Crippen LogP contribution in [0.15, 0.2) is 11.3 Å². The highest BCUT2D eigenvalue weighted by atomic mass is 16.3. The van der Waals surface area contributed by atoms with E-state index in [0.717, 1.165) is 25.7 Å². The van der Waals surface area contributed by atoms with Crippen LogP contribution >= 0.6 is 0 Å². The van der Waals surface area contributed by atoms with Crippen molar-refractivity contribution in [1.29, 1.82) is 5.41 Å². The quantitative estimate of drug-likeness (QED) is 0.443. The maximum atomic E-state index is 11.3. The number of Topliss-reactive ketones (excluding diaryl/α,β-unsaturated/α-hetero) is 1. The van der Waals surface area contributed by atoms with Crippen molar-refractivity contribution in [3.8, 4) is 0 Å². The Labute approximate surface area is 104 Å². The molecule has 98 valence electrons. The van der Waals surface area contributed by atoms with Crippen LogP contribution in [-0.2, 0) is 4.79 Å². The number of hydrogen-bond acceptors (Lipinski definition) is 3. The monoisotopic (exact) mass is 239 g/mol. The molecule has 1 fully saturated rings. The Morgan fingerprint density at radius 3 is 1.94 bits per heavy atom. The zero-order valence-corrected chi connectivity index (χ0v) is 11.5. The van der Waals surface area contributed by atoms with E-state index in [1.54, 1.807) is 0 Å². The molecule has 0 atom stereocenters. The third-order valence-corrected chi connectivity index (χ3v) is 3.00. The van der Waals surface area contributed by atoms with Gasteiger partial charge in [-0.25, -0.2) is 0 Å². The first-order valence-corrected chi connectivity index (χ1v) is 6.53. The number of hydrogen-bond donors (Lipinski definition) is 2. The Morgan fingerprint density at radius 2 is 1.59 bits per heavy atom. The first-order valence-electron chi connectivity index (χ1n) is 6.53. The van der Waals surface area contributed by atoms with Crippen molar-refractivity contribution in [3.05, 3.63) is 11.3 Å². The van der Waals surface area contributed by atoms with Gasteiger partial charge in [-0.3, -0.25) is 4.79 Å². The highest BCUT2D eigenvalue weighted by Crippen LogP contribution is 2.27. The molecule has 0 aromatic rings. The normalized spacial score (nSPS) is 17.6. The first kappa shape index (κ1) is 15.9. The van der Waals surface area contributed by atoms with Crippen molar-refractivity contribution < 1.29 is 9.90 Å². The lowest BCUT2D eigenvalue weighted by Gasteiger charge is -2.23. The molecule has 0 spiro atoms. The topological polar surface area (TPSA) is 61.2 Å². The molecule has 1 saturated carbocycles. The van der Waals surface area contributed by atoms with Gasteiger partial charge < -0.3 is 10.5 Å². The van der Waals surface area contributed by atoms with Gasteiger partial charge in [0.15, 0.2) is 5.78 Å². The summed E-state index contributed by atoms with van der Waals surface area (Å²) in [5.41, 5.74) is 0.559. The summed E-state index contributed by atoms with van der Waals surface area (Å²) in [5, 5.41) is 17.4. The molecule has 0 saturated heterocycles. The summed E-state index contributed by atoms with van der Waals surface area (Å²) >= 11 is 0. The number of carbonyl (C=O) groups excluding carboxylic acids is 1. The van der Waals surface area contributed by atoms with Crippen LogP contribution in [0.1, 0.15) is 59.8 Å². The molecule has 0 amide bonds. The summed E-state index contributed by atoms with van der Waals surface area (Å²) in [5.74, 6) is -0.0524. The van der Waals surface area contributed by atoms with E-state index in [2.05, 4.69) is 0 Å². The molecule has 0 aliphatic heterocycles. The summed E-state index contributed by atoms with van der Waals surface area (Å²) in [4.78, 5) is 11.3. The van der Waals surface area contributed by atoms with Gasteiger partial charge in [0.2, 0.25) is 0 Å². The molecular formula is C14H25NO2. The van der Waals surface area contributed by atoms with E-state index in [-0.39, 0.29) is 23.0 Å². The van der Waals surface area contributed by atoms with Crippen LogP contribution in [0.2, 0.25) is 0 Å². The van der Waals surface area contributed by atoms with Crippen LogP contribution in [0.5, 0.6) is 0 Å². The second kappa shape index (κ2) is 8.04. The maximum Gasteiger partial charge on any atom is 0.164 e. The van der Waals surface area contributed by atoms with Gasteiger partial charge in [-0.1, -0.05) is 33.1 Å². The molecular weight excluding hydrogens is 214 g/mol. The summed E-state index contributed by atoms with van der Waals surface area (Å²) in [7, 11) is 0. The summed E-state index contributed by atoms with van der Waals surface area (Å²) in [6.45, 7) is 6.89. The number of carbonyl (C=O) groups is 1. The van der Waals surface area contributed by atoms with Gasteiger partial charge in [0, 0.05) is 11.6 Å². The smallest absolute Gasteiger partial charge is 0.164 e. The third-order valence-electron chi connectivity index (χ3n) is 3.00. The fourth-order valence-electron chi connectivity index (χ4n) is 2.23. The van der Waals surface area contributed by atoms with E-state index < -0.39 is 0 Å². The minimum absolute atomic E-state index is 0.0157. The van der Waals surface area contributed by atoms with Crippen molar-refractivity contribution >= 4 is 11.5 Å². The van der Waals surface area contributed by atoms with Crippen molar-refractivity contribution in [3.63, 3.8) is 0 Å². The number of allylic oxidation sites excluding steroid dienone is 2. The average Bonchev–Trinajstić information content (AvgIpc) is 2.32. The van der Waals surface area contributed by atoms with Crippen molar-refractivity contribution in [2.24, 2.45) is 5.92 Å². The molecule has 0 aromatic carbocycles. The first-order chi connectivity index (χ1) is 8.04. The maximum absolute atomic E-state index is 11.3. The largest absolute Gasteiger partial charge is 0.512 e. The van der Waals surface area contributed by atoms with Crippen LogP contribution < -0.4 is 0 Å². The van der Waals surface area contributed by atoms with E-state index in [9.17, 15) is 9.90 Å². The van der Waals surface area contributed by atoms with E-state index in [1.807, 2.05) is 13.8 Å². The molecule has 1 rings (SSSR count). The predicted molar refractivity (Wildman–Crippen MR) is 71.7 cm³/mol. The summed E-state index contributed by atoms with van der Waals surface area (Å²) < 4.78 is 0. The molecule has 1 aliphatic carbocycles. The number of aliphatic hydroxyl groups excluding tert-OH is 1. The van der Waals surface area contributed by atoms with E-state index in [1.165, 1.54) is 20.3 Å². The van der Waals surface area contributed by atoms with Gasteiger partial charge in [0.1, 0.15) is 5.76 Å². The standard InChI is InChI=1S/C12H19NO2.C2H6/c1-8(14)11(9(2)15)12(13)10-6-4-3-5-7-10;1-2/h10,13-14H,3-7H2,1-2H3;1-2H3/b11-8-,13-12?;. The Bertz CT molecular complexity index is 295. The number of rotatable bonds is 3. The fourth-order valence-corrected chi connectivity index (χ4v) is 2.23. The molecule has 1 aliphatic rings. The van der Waals surface area contributed by atoms with Crippen LogP contribution in [0.3, 0.4) is 0 Å². The highest BCUT2D eigenvalue weighted by molar-refractivity contribution is 6.21. The van der Waals surface area contributed by atoms with E-state index in [4.69, 9.17) is 5.41 Å². The van der Waals surface area contributed by atoms with Crippen LogP contribution in [0.4, 0.5) is 0 Å². The second-order valence-electron chi connectivity index (χ2n) is 4.27. The predicted octanol–water partition coefficient (Wildman–Crippen LogP) is 4.03. The number of ketones is 1. The summed E-state index contributed by atoms with van der Waals surface area (Å²) in [6.07, 6.45) is 5.43. The molecule has 0 heterocycles. The van der Waals surface area contributed by atoms with Gasteiger partial charge in [0.25, 0.3) is 0 Å². The van der Waals surface area contributed by atoms with Crippen molar-refractivity contribution in [2.75, 3.05) is 0 Å². The number of nitrogens with one attached hydrogen (secondary N) is 1. The molecule has 2 N–H and O–H groups in total. The average molecular weight is 239 g/mol. The Balaban J connectivity index is 0.00000121. The van der Waals surface area contributed by atoms with Crippen LogP contribution in [0, 0.1) is 11.3 Å². The summed E-state index contributed by atoms with van der Waals surface area (Å²) in [6, 6.07) is 0. The zero-order chi connectivity index (χ0) is 13.4. The van der Waals surface area contributed by atoms with Crippen molar-refractivity contribution in [2.45, 2.75) is 59.8 Å². The SMILES string of the molecule is CC.CC(=O)/C(C(=N)C1CCCCC1)=C(\C)O. The molecule has 0 unspecified atom stereocenters. The molecule has 0 radical (unpaired) electrons. The molecule has 3 nitrogen and oxygen atoms in total. The van der Waals surface area contributed by atoms with Gasteiger partial charge >= 0.3 is 0 Å². The Morgan fingerprint density at radius 1 is 1.12 bits per heavy atom. The molecule has 0 bridgehead atoms. The minimum atomic E-state index is -0.203. The lowest BCUT2D eigenvalue weighted by molar-refractivity contribution is -0.113. The highest BCUT2D eigenvalue weighted by Gasteiger charge is 2.24. The zero-order valence-electron chi connectivity index (χ0n) is 11.5.